The van der Waals surface area contributed by atoms with Gasteiger partial charge in [0.25, 0.3) is 0 Å². The van der Waals surface area contributed by atoms with Gasteiger partial charge in [0.05, 0.1) is 11.3 Å². The smallest absolute Gasteiger partial charge is 0.160 e. The van der Waals surface area contributed by atoms with Crippen LogP contribution in [0.5, 0.6) is 5.75 Å². The molecule has 0 atom stereocenters. The topological polar surface area (TPSA) is 63.8 Å². The third kappa shape index (κ3) is 6.19. The van der Waals surface area contributed by atoms with E-state index < -0.39 is 0 Å². The number of phenols is 1. The maximum Gasteiger partial charge on any atom is 0.160 e. The van der Waals surface area contributed by atoms with Gasteiger partial charge >= 0.3 is 0 Å². The third-order valence-electron chi connectivity index (χ3n) is 9.59. The molecular weight excluding hydrogens is 625 g/mol. The monoisotopic (exact) mass is 662 g/mol. The zero-order chi connectivity index (χ0) is 35.1. The highest BCUT2D eigenvalue weighted by Gasteiger charge is 2.21. The second kappa shape index (κ2) is 12.8. The average Bonchev–Trinajstić information content (AvgIpc) is 3.51. The number of aryl methyl sites for hydroxylation is 1. The fourth-order valence-electron chi connectivity index (χ4n) is 6.72. The fraction of sp³-hybridized carbons (Fsp3) is 0.109. The minimum atomic E-state index is -0.0817. The summed E-state index contributed by atoms with van der Waals surface area (Å²) in [6.07, 6.45) is 3.72. The number of fused-ring (bicyclic) bond motifs is 1. The molecule has 248 valence electrons. The number of phenolic OH excluding ortho intramolecular Hbond substituents is 1. The zero-order valence-electron chi connectivity index (χ0n) is 29.2. The van der Waals surface area contributed by atoms with Gasteiger partial charge in [-0.1, -0.05) is 112 Å². The first-order valence-corrected chi connectivity index (χ1v) is 17.2. The molecule has 0 amide bonds. The summed E-state index contributed by atoms with van der Waals surface area (Å²) in [4.78, 5) is 14.8. The van der Waals surface area contributed by atoms with Crippen LogP contribution in [-0.4, -0.2) is 24.6 Å². The summed E-state index contributed by atoms with van der Waals surface area (Å²) >= 11 is 0. The minimum absolute atomic E-state index is 0.0817. The Kier molecular flexibility index (Phi) is 8.04. The summed E-state index contributed by atoms with van der Waals surface area (Å²) in [5.74, 6) is 0.859. The molecule has 0 aliphatic rings. The molecule has 0 fully saturated rings. The van der Waals surface area contributed by atoms with Crippen LogP contribution in [0.4, 0.5) is 0 Å². The zero-order valence-corrected chi connectivity index (χ0v) is 29.2. The summed E-state index contributed by atoms with van der Waals surface area (Å²) < 4.78 is 1.97. The molecule has 1 N–H and O–H groups in total. The normalized spacial score (nSPS) is 11.6. The van der Waals surface area contributed by atoms with Crippen molar-refractivity contribution in [3.63, 3.8) is 0 Å². The molecule has 0 aliphatic heterocycles. The van der Waals surface area contributed by atoms with Crippen molar-refractivity contribution in [2.45, 2.75) is 26.2 Å². The Morgan fingerprint density at radius 1 is 0.510 bits per heavy atom. The largest absolute Gasteiger partial charge is 0.507 e. The van der Waals surface area contributed by atoms with Crippen molar-refractivity contribution in [3.8, 4) is 72.9 Å². The maximum absolute atomic E-state index is 11.0. The Balaban J connectivity index is 1.25. The van der Waals surface area contributed by atoms with E-state index in [4.69, 9.17) is 15.0 Å². The van der Waals surface area contributed by atoms with Crippen molar-refractivity contribution in [1.29, 1.82) is 0 Å². The van der Waals surface area contributed by atoms with Crippen molar-refractivity contribution in [3.05, 3.63) is 157 Å². The van der Waals surface area contributed by atoms with Crippen molar-refractivity contribution in [2.75, 3.05) is 0 Å². The maximum atomic E-state index is 11.0. The molecular formula is C46H38N4O. The lowest BCUT2D eigenvalue weighted by molar-refractivity contribution is 0.475. The Morgan fingerprint density at radius 3 is 1.78 bits per heavy atom. The summed E-state index contributed by atoms with van der Waals surface area (Å²) in [5.41, 5.74) is 13.9. The van der Waals surface area contributed by atoms with E-state index in [9.17, 15) is 5.11 Å². The average molecular weight is 663 g/mol. The second-order valence-corrected chi connectivity index (χ2v) is 14.0. The van der Waals surface area contributed by atoms with Gasteiger partial charge in [-0.15, -0.1) is 0 Å². The van der Waals surface area contributed by atoms with E-state index in [0.29, 0.717) is 11.4 Å². The number of nitrogens with zero attached hydrogens (tertiary/aromatic N) is 4. The molecule has 8 aromatic rings. The van der Waals surface area contributed by atoms with Gasteiger partial charge in [-0.25, -0.2) is 9.97 Å². The van der Waals surface area contributed by atoms with E-state index in [1.54, 1.807) is 6.07 Å². The van der Waals surface area contributed by atoms with E-state index in [0.717, 1.165) is 61.4 Å². The molecule has 0 unspecified atom stereocenters. The van der Waals surface area contributed by atoms with Crippen molar-refractivity contribution >= 4 is 11.2 Å². The number of imidazole rings is 1. The lowest BCUT2D eigenvalue weighted by atomic mass is 9.86. The van der Waals surface area contributed by atoms with Gasteiger partial charge in [-0.3, -0.25) is 4.98 Å². The minimum Gasteiger partial charge on any atom is -0.507 e. The molecule has 5 nitrogen and oxygen atoms in total. The molecule has 8 rings (SSSR count). The highest BCUT2D eigenvalue weighted by molar-refractivity contribution is 5.94. The lowest BCUT2D eigenvalue weighted by Crippen LogP contribution is -2.11. The number of hydrogen-bond acceptors (Lipinski definition) is 4. The van der Waals surface area contributed by atoms with Crippen LogP contribution in [0.25, 0.3) is 78.3 Å². The number of pyridine rings is 2. The third-order valence-corrected chi connectivity index (χ3v) is 9.59. The van der Waals surface area contributed by atoms with Crippen LogP contribution in [0.15, 0.2) is 152 Å². The highest BCUT2D eigenvalue weighted by Crippen LogP contribution is 2.39. The Bertz CT molecular complexity index is 2510. The molecule has 0 aliphatic carbocycles. The SMILES string of the molecule is Cn1c(-c2cc(C(C)(C)C)ccc2O)nc2c(-c3cc(-c4ccccc4)cc(-c4cc(-c5ccc(-c6ccccc6)cc5)ccn4)c3)ccnc21. The first-order chi connectivity index (χ1) is 24.7. The van der Waals surface area contributed by atoms with Gasteiger partial charge in [0.2, 0.25) is 0 Å². The predicted octanol–water partition coefficient (Wildman–Crippen LogP) is 11.4. The number of aromatic nitrogens is 4. The summed E-state index contributed by atoms with van der Waals surface area (Å²) in [6, 6.07) is 48.2. The van der Waals surface area contributed by atoms with Crippen LogP contribution >= 0.6 is 0 Å². The summed E-state index contributed by atoms with van der Waals surface area (Å²) in [7, 11) is 1.96. The van der Waals surface area contributed by atoms with Crippen molar-refractivity contribution in [1.82, 2.24) is 19.5 Å². The number of rotatable bonds is 6. The summed E-state index contributed by atoms with van der Waals surface area (Å²) in [6.45, 7) is 6.50. The fourth-order valence-corrected chi connectivity index (χ4v) is 6.72. The first-order valence-electron chi connectivity index (χ1n) is 17.2. The van der Waals surface area contributed by atoms with Gasteiger partial charge in [0.1, 0.15) is 17.1 Å². The number of benzene rings is 5. The molecule has 5 heteroatoms. The second-order valence-electron chi connectivity index (χ2n) is 14.0. The van der Waals surface area contributed by atoms with Crippen LogP contribution in [0.2, 0.25) is 0 Å². The van der Waals surface area contributed by atoms with Gasteiger partial charge in [-0.2, -0.15) is 0 Å². The molecule has 0 bridgehead atoms. The summed E-state index contributed by atoms with van der Waals surface area (Å²) in [5, 5.41) is 11.0. The van der Waals surface area contributed by atoms with Crippen LogP contribution in [0.3, 0.4) is 0 Å². The van der Waals surface area contributed by atoms with Crippen molar-refractivity contribution < 1.29 is 5.11 Å². The molecule has 5 aromatic carbocycles. The molecule has 3 heterocycles. The van der Waals surface area contributed by atoms with E-state index in [2.05, 4.69) is 124 Å². The van der Waals surface area contributed by atoms with Gasteiger partial charge in [-0.05, 0) is 98.5 Å². The van der Waals surface area contributed by atoms with Crippen LogP contribution in [0, 0.1) is 0 Å². The van der Waals surface area contributed by atoms with E-state index >= 15 is 0 Å². The van der Waals surface area contributed by atoms with Gasteiger partial charge in [0, 0.05) is 30.6 Å². The first kappa shape index (κ1) is 31.9. The van der Waals surface area contributed by atoms with Gasteiger partial charge in [0.15, 0.2) is 5.65 Å². The molecule has 0 spiro atoms. The van der Waals surface area contributed by atoms with Crippen LogP contribution < -0.4 is 0 Å². The van der Waals surface area contributed by atoms with E-state index in [-0.39, 0.29) is 11.2 Å². The van der Waals surface area contributed by atoms with E-state index in [1.165, 1.54) is 11.1 Å². The quantitative estimate of drug-likeness (QED) is 0.192. The Labute approximate surface area is 298 Å². The lowest BCUT2D eigenvalue weighted by Gasteiger charge is -2.20. The predicted molar refractivity (Wildman–Crippen MR) is 209 cm³/mol. The van der Waals surface area contributed by atoms with E-state index in [1.807, 2.05) is 54.3 Å². The van der Waals surface area contributed by atoms with Crippen LogP contribution in [0.1, 0.15) is 26.3 Å². The molecule has 0 saturated carbocycles. The Morgan fingerprint density at radius 2 is 1.10 bits per heavy atom. The Hall–Kier alpha value is -6.33. The highest BCUT2D eigenvalue weighted by atomic mass is 16.3. The standard InChI is InChI=1S/C46H38N4O/c1-46(2,3)38-19-20-42(51)40(29-38)44-49-43-39(22-24-48-45(43)50(44)4)36-25-35(31-13-9-6-10-14-31)26-37(27-36)41-28-34(21-23-47-41)33-17-15-32(16-18-33)30-11-7-5-8-12-30/h5-29,51H,1-4H3. The van der Waals surface area contributed by atoms with Crippen LogP contribution in [-0.2, 0) is 12.5 Å². The number of hydrogen-bond donors (Lipinski definition) is 1. The molecule has 0 radical (unpaired) electrons. The van der Waals surface area contributed by atoms with Crippen molar-refractivity contribution in [2.24, 2.45) is 7.05 Å². The molecule has 0 saturated heterocycles. The van der Waals surface area contributed by atoms with Gasteiger partial charge < -0.3 is 9.67 Å². The number of aromatic hydroxyl groups is 1. The molecule has 3 aromatic heterocycles. The molecule has 51 heavy (non-hydrogen) atoms.